The van der Waals surface area contributed by atoms with Crippen molar-refractivity contribution in [3.05, 3.63) is 77.7 Å². The van der Waals surface area contributed by atoms with Crippen LogP contribution in [0.25, 0.3) is 0 Å². The van der Waals surface area contributed by atoms with E-state index in [1.165, 1.54) is 0 Å². The molecule has 2 amide bonds. The second-order valence-corrected chi connectivity index (χ2v) is 6.88. The van der Waals surface area contributed by atoms with E-state index < -0.39 is 6.04 Å². The lowest BCUT2D eigenvalue weighted by Gasteiger charge is -2.27. The SMILES string of the molecule is Cc1noc(C2CCN(C(=O)c3cccnc3)CCN2C(=O)c2ccccc2)n1. The third kappa shape index (κ3) is 4.01. The zero-order chi connectivity index (χ0) is 20.2. The highest BCUT2D eigenvalue weighted by atomic mass is 16.5. The second kappa shape index (κ2) is 8.22. The molecule has 0 aliphatic carbocycles. The van der Waals surface area contributed by atoms with Crippen LogP contribution in [0.1, 0.15) is 44.9 Å². The van der Waals surface area contributed by atoms with Gasteiger partial charge in [0.05, 0.1) is 5.56 Å². The quantitative estimate of drug-likeness (QED) is 0.681. The van der Waals surface area contributed by atoms with Crippen molar-refractivity contribution in [2.24, 2.45) is 0 Å². The highest BCUT2D eigenvalue weighted by molar-refractivity contribution is 5.95. The first-order valence-electron chi connectivity index (χ1n) is 9.49. The molecule has 1 atom stereocenters. The first kappa shape index (κ1) is 18.8. The Kier molecular flexibility index (Phi) is 5.33. The number of aryl methyl sites for hydroxylation is 1. The van der Waals surface area contributed by atoms with Crippen LogP contribution in [-0.4, -0.2) is 56.4 Å². The van der Waals surface area contributed by atoms with E-state index in [2.05, 4.69) is 15.1 Å². The monoisotopic (exact) mass is 391 g/mol. The molecule has 1 saturated heterocycles. The molecule has 0 spiro atoms. The van der Waals surface area contributed by atoms with Gasteiger partial charge in [0.25, 0.3) is 11.8 Å². The Morgan fingerprint density at radius 3 is 2.48 bits per heavy atom. The number of carbonyl (C=O) groups is 2. The van der Waals surface area contributed by atoms with E-state index in [1.807, 2.05) is 18.2 Å². The first-order valence-corrected chi connectivity index (χ1v) is 9.49. The van der Waals surface area contributed by atoms with Crippen molar-refractivity contribution in [2.75, 3.05) is 19.6 Å². The molecular formula is C21H21N5O3. The van der Waals surface area contributed by atoms with E-state index in [0.717, 1.165) is 0 Å². The molecular weight excluding hydrogens is 370 g/mol. The zero-order valence-corrected chi connectivity index (χ0v) is 16.1. The summed E-state index contributed by atoms with van der Waals surface area (Å²) in [6.45, 7) is 2.99. The van der Waals surface area contributed by atoms with Crippen LogP contribution in [0.2, 0.25) is 0 Å². The lowest BCUT2D eigenvalue weighted by Crippen LogP contribution is -2.38. The van der Waals surface area contributed by atoms with Crippen molar-refractivity contribution in [1.29, 1.82) is 0 Å². The van der Waals surface area contributed by atoms with E-state index in [0.29, 0.717) is 48.9 Å². The maximum Gasteiger partial charge on any atom is 0.255 e. The van der Waals surface area contributed by atoms with Crippen molar-refractivity contribution in [3.8, 4) is 0 Å². The van der Waals surface area contributed by atoms with Crippen LogP contribution in [0.5, 0.6) is 0 Å². The van der Waals surface area contributed by atoms with Gasteiger partial charge >= 0.3 is 0 Å². The fraction of sp³-hybridized carbons (Fsp3) is 0.286. The van der Waals surface area contributed by atoms with Crippen molar-refractivity contribution in [2.45, 2.75) is 19.4 Å². The summed E-state index contributed by atoms with van der Waals surface area (Å²) in [6, 6.07) is 12.2. The summed E-state index contributed by atoms with van der Waals surface area (Å²) in [6.07, 6.45) is 3.69. The predicted molar refractivity (Wildman–Crippen MR) is 104 cm³/mol. The molecule has 4 rings (SSSR count). The second-order valence-electron chi connectivity index (χ2n) is 6.88. The maximum atomic E-state index is 13.2. The molecule has 8 nitrogen and oxygen atoms in total. The van der Waals surface area contributed by atoms with E-state index in [9.17, 15) is 9.59 Å². The van der Waals surface area contributed by atoms with Gasteiger partial charge in [-0.15, -0.1) is 0 Å². The number of nitrogens with zero attached hydrogens (tertiary/aromatic N) is 5. The number of pyridine rings is 1. The molecule has 29 heavy (non-hydrogen) atoms. The van der Waals surface area contributed by atoms with E-state index in [-0.39, 0.29) is 11.8 Å². The van der Waals surface area contributed by atoms with E-state index >= 15 is 0 Å². The third-order valence-electron chi connectivity index (χ3n) is 4.97. The van der Waals surface area contributed by atoms with Gasteiger partial charge in [0.2, 0.25) is 5.89 Å². The average Bonchev–Trinajstić information content (AvgIpc) is 3.07. The van der Waals surface area contributed by atoms with Crippen LogP contribution in [0.4, 0.5) is 0 Å². The molecule has 148 valence electrons. The Morgan fingerprint density at radius 1 is 1.00 bits per heavy atom. The number of aromatic nitrogens is 3. The van der Waals surface area contributed by atoms with Crippen LogP contribution in [0.15, 0.2) is 59.4 Å². The molecule has 8 heteroatoms. The van der Waals surface area contributed by atoms with Crippen molar-refractivity contribution >= 4 is 11.8 Å². The Hall–Kier alpha value is -3.55. The fourth-order valence-electron chi connectivity index (χ4n) is 3.50. The minimum absolute atomic E-state index is 0.104. The smallest absolute Gasteiger partial charge is 0.255 e. The van der Waals surface area contributed by atoms with Gasteiger partial charge in [-0.05, 0) is 37.6 Å². The predicted octanol–water partition coefficient (Wildman–Crippen LogP) is 2.50. The molecule has 1 unspecified atom stereocenters. The Labute approximate surface area is 168 Å². The molecule has 3 aromatic rings. The summed E-state index contributed by atoms with van der Waals surface area (Å²) < 4.78 is 5.39. The van der Waals surface area contributed by atoms with Gasteiger partial charge in [0.15, 0.2) is 5.82 Å². The summed E-state index contributed by atoms with van der Waals surface area (Å²) in [5.41, 5.74) is 1.11. The molecule has 2 aromatic heterocycles. The lowest BCUT2D eigenvalue weighted by molar-refractivity contribution is 0.0642. The Balaban J connectivity index is 1.61. The molecule has 0 saturated carbocycles. The molecule has 0 N–H and O–H groups in total. The van der Waals surface area contributed by atoms with Crippen LogP contribution >= 0.6 is 0 Å². The molecule has 0 radical (unpaired) electrons. The largest absolute Gasteiger partial charge is 0.337 e. The Bertz CT molecular complexity index is 990. The number of hydrogen-bond donors (Lipinski definition) is 0. The van der Waals surface area contributed by atoms with E-state index in [4.69, 9.17) is 4.52 Å². The normalized spacial score (nSPS) is 17.1. The fourth-order valence-corrected chi connectivity index (χ4v) is 3.50. The van der Waals surface area contributed by atoms with Gasteiger partial charge < -0.3 is 14.3 Å². The summed E-state index contributed by atoms with van der Waals surface area (Å²) in [4.78, 5) is 37.9. The van der Waals surface area contributed by atoms with Crippen molar-refractivity contribution < 1.29 is 14.1 Å². The molecule has 1 aliphatic rings. The highest BCUT2D eigenvalue weighted by Gasteiger charge is 2.34. The summed E-state index contributed by atoms with van der Waals surface area (Å²) in [5, 5.41) is 3.88. The third-order valence-corrected chi connectivity index (χ3v) is 4.97. The van der Waals surface area contributed by atoms with Crippen LogP contribution < -0.4 is 0 Å². The first-order chi connectivity index (χ1) is 14.1. The number of carbonyl (C=O) groups excluding carboxylic acids is 2. The minimum Gasteiger partial charge on any atom is -0.337 e. The van der Waals surface area contributed by atoms with Gasteiger partial charge in [-0.1, -0.05) is 23.4 Å². The van der Waals surface area contributed by atoms with E-state index in [1.54, 1.807) is 53.4 Å². The minimum atomic E-state index is -0.393. The van der Waals surface area contributed by atoms with Crippen LogP contribution in [-0.2, 0) is 0 Å². The molecule has 3 heterocycles. The zero-order valence-electron chi connectivity index (χ0n) is 16.1. The van der Waals surface area contributed by atoms with Crippen molar-refractivity contribution in [3.63, 3.8) is 0 Å². The van der Waals surface area contributed by atoms with Gasteiger partial charge in [0.1, 0.15) is 6.04 Å². The van der Waals surface area contributed by atoms with Gasteiger partial charge in [-0.25, -0.2) is 0 Å². The number of hydrogen-bond acceptors (Lipinski definition) is 6. The molecule has 1 aromatic carbocycles. The number of amides is 2. The van der Waals surface area contributed by atoms with Gasteiger partial charge in [-0.2, -0.15) is 4.98 Å². The molecule has 1 fully saturated rings. The standard InChI is InChI=1S/C21H21N5O3/c1-15-23-19(29-24-15)18-9-11-25(20(27)17-8-5-10-22-14-17)12-13-26(18)21(28)16-6-3-2-4-7-16/h2-8,10,14,18H,9,11-13H2,1H3. The topological polar surface area (TPSA) is 92.4 Å². The number of rotatable bonds is 3. The maximum absolute atomic E-state index is 13.2. The van der Waals surface area contributed by atoms with Crippen LogP contribution in [0, 0.1) is 6.92 Å². The average molecular weight is 391 g/mol. The van der Waals surface area contributed by atoms with Crippen LogP contribution in [0.3, 0.4) is 0 Å². The van der Waals surface area contributed by atoms with Gasteiger partial charge in [-0.3, -0.25) is 14.6 Å². The van der Waals surface area contributed by atoms with Crippen molar-refractivity contribution in [1.82, 2.24) is 24.9 Å². The highest BCUT2D eigenvalue weighted by Crippen LogP contribution is 2.28. The molecule has 0 bridgehead atoms. The van der Waals surface area contributed by atoms with Gasteiger partial charge in [0, 0.05) is 37.6 Å². The Morgan fingerprint density at radius 2 is 1.79 bits per heavy atom. The lowest BCUT2D eigenvalue weighted by atomic mass is 10.1. The summed E-state index contributed by atoms with van der Waals surface area (Å²) >= 11 is 0. The number of benzene rings is 1. The molecule has 1 aliphatic heterocycles. The summed E-state index contributed by atoms with van der Waals surface area (Å²) in [5.74, 6) is 0.678. The summed E-state index contributed by atoms with van der Waals surface area (Å²) in [7, 11) is 0.